The number of esters is 1. The van der Waals surface area contributed by atoms with Crippen molar-refractivity contribution in [1.82, 2.24) is 24.9 Å². The van der Waals surface area contributed by atoms with Crippen molar-refractivity contribution < 1.29 is 14.1 Å². The molecular formula is C21H18N7O2+. The lowest BCUT2D eigenvalue weighted by molar-refractivity contribution is -0.569. The van der Waals surface area contributed by atoms with Crippen molar-refractivity contribution >= 4 is 39.8 Å². The number of carbonyl (C=O) groups excluding carboxylic acids is 1. The van der Waals surface area contributed by atoms with Gasteiger partial charge in [0.25, 0.3) is 5.82 Å². The number of fused-ring (bicyclic) bond motifs is 2. The van der Waals surface area contributed by atoms with Crippen LogP contribution in [0.1, 0.15) is 17.3 Å². The van der Waals surface area contributed by atoms with Crippen molar-refractivity contribution in [3.8, 4) is 5.82 Å². The van der Waals surface area contributed by atoms with E-state index in [-0.39, 0.29) is 5.97 Å². The van der Waals surface area contributed by atoms with Crippen molar-refractivity contribution in [1.29, 1.82) is 0 Å². The second-order valence-corrected chi connectivity index (χ2v) is 6.56. The monoisotopic (exact) mass is 400 g/mol. The van der Waals surface area contributed by atoms with Crippen LogP contribution in [0.4, 0.5) is 11.6 Å². The molecule has 9 nitrogen and oxygen atoms in total. The first-order chi connectivity index (χ1) is 14.7. The van der Waals surface area contributed by atoms with Crippen LogP contribution in [-0.4, -0.2) is 37.5 Å². The van der Waals surface area contributed by atoms with Gasteiger partial charge in [-0.05, 0) is 37.3 Å². The Morgan fingerprint density at radius 2 is 2.03 bits per heavy atom. The van der Waals surface area contributed by atoms with E-state index in [0.29, 0.717) is 35.3 Å². The van der Waals surface area contributed by atoms with Gasteiger partial charge in [-0.2, -0.15) is 9.55 Å². The van der Waals surface area contributed by atoms with Gasteiger partial charge < -0.3 is 15.0 Å². The third kappa shape index (κ3) is 3.12. The maximum atomic E-state index is 12.0. The number of carbonyl (C=O) groups is 1. The fraction of sp³-hybridized carbons (Fsp3) is 0.0952. The summed E-state index contributed by atoms with van der Waals surface area (Å²) < 4.78 is 7.01. The predicted octanol–water partition coefficient (Wildman–Crippen LogP) is 3.03. The molecule has 148 valence electrons. The molecule has 0 bridgehead atoms. The van der Waals surface area contributed by atoms with Crippen molar-refractivity contribution in [3.63, 3.8) is 0 Å². The number of benzene rings is 2. The Bertz CT molecular complexity index is 1370. The Labute approximate surface area is 170 Å². The number of rotatable bonds is 5. The number of nitrogens with zero attached hydrogens (tertiary/aromatic N) is 4. The van der Waals surface area contributed by atoms with Gasteiger partial charge in [0, 0.05) is 5.69 Å². The highest BCUT2D eigenvalue weighted by atomic mass is 16.5. The third-order valence-electron chi connectivity index (χ3n) is 4.64. The Morgan fingerprint density at radius 1 is 1.13 bits per heavy atom. The van der Waals surface area contributed by atoms with Crippen LogP contribution in [0, 0.1) is 0 Å². The van der Waals surface area contributed by atoms with Gasteiger partial charge in [-0.15, -0.1) is 0 Å². The molecule has 0 aliphatic rings. The van der Waals surface area contributed by atoms with Gasteiger partial charge in [0.2, 0.25) is 0 Å². The summed E-state index contributed by atoms with van der Waals surface area (Å²) in [5.41, 5.74) is 4.33. The number of hydrogen-bond acceptors (Lipinski definition) is 6. The second kappa shape index (κ2) is 7.28. The van der Waals surface area contributed by atoms with E-state index >= 15 is 0 Å². The Morgan fingerprint density at radius 3 is 2.93 bits per heavy atom. The van der Waals surface area contributed by atoms with E-state index in [9.17, 15) is 4.79 Å². The van der Waals surface area contributed by atoms with Gasteiger partial charge in [0.05, 0.1) is 18.5 Å². The summed E-state index contributed by atoms with van der Waals surface area (Å²) in [7, 11) is 0. The molecule has 0 unspecified atom stereocenters. The summed E-state index contributed by atoms with van der Waals surface area (Å²) >= 11 is 0. The number of aromatic nitrogens is 6. The van der Waals surface area contributed by atoms with Crippen LogP contribution in [0.25, 0.3) is 28.0 Å². The van der Waals surface area contributed by atoms with Crippen LogP contribution in [0.15, 0.2) is 61.2 Å². The fourth-order valence-electron chi connectivity index (χ4n) is 3.30. The molecule has 0 fully saturated rings. The summed E-state index contributed by atoms with van der Waals surface area (Å²) in [4.78, 5) is 31.9. The molecule has 0 amide bonds. The number of para-hydroxylation sites is 2. The summed E-state index contributed by atoms with van der Waals surface area (Å²) in [6.07, 6.45) is 3.43. The average molecular weight is 400 g/mol. The fourth-order valence-corrected chi connectivity index (χ4v) is 3.30. The highest BCUT2D eigenvalue weighted by molar-refractivity contribution is 5.90. The van der Waals surface area contributed by atoms with Crippen molar-refractivity contribution in [2.45, 2.75) is 6.92 Å². The van der Waals surface area contributed by atoms with Gasteiger partial charge in [0.1, 0.15) is 11.0 Å². The average Bonchev–Trinajstić information content (AvgIpc) is 3.40. The van der Waals surface area contributed by atoms with Crippen LogP contribution in [0.3, 0.4) is 0 Å². The molecule has 0 aliphatic heterocycles. The lowest BCUT2D eigenvalue weighted by Crippen LogP contribution is -2.31. The van der Waals surface area contributed by atoms with E-state index in [0.717, 1.165) is 16.6 Å². The molecule has 2 aromatic carbocycles. The number of hydrogen-bond donors (Lipinski definition) is 3. The molecule has 0 saturated heterocycles. The zero-order valence-electron chi connectivity index (χ0n) is 16.1. The van der Waals surface area contributed by atoms with Crippen LogP contribution in [0.2, 0.25) is 0 Å². The second-order valence-electron chi connectivity index (χ2n) is 6.56. The molecule has 3 N–H and O–H groups in total. The summed E-state index contributed by atoms with van der Waals surface area (Å²) in [5, 5.41) is 3.17. The first-order valence-electron chi connectivity index (χ1n) is 9.46. The van der Waals surface area contributed by atoms with Crippen molar-refractivity contribution in [2.24, 2.45) is 0 Å². The Balaban J connectivity index is 1.57. The number of anilines is 2. The minimum atomic E-state index is -0.375. The highest BCUT2D eigenvalue weighted by Gasteiger charge is 2.21. The normalized spacial score (nSPS) is 11.1. The first kappa shape index (κ1) is 17.8. The molecule has 0 radical (unpaired) electrons. The number of aromatic amines is 2. The SMILES string of the molecule is CCOC(=O)c1cccc(Nc2nc(-[n+]3c[nH]c4ccccc43)c3[nH]cnc3n2)c1. The summed E-state index contributed by atoms with van der Waals surface area (Å²) in [6.45, 7) is 2.09. The van der Waals surface area contributed by atoms with Gasteiger partial charge >= 0.3 is 11.9 Å². The van der Waals surface area contributed by atoms with E-state index < -0.39 is 0 Å². The van der Waals surface area contributed by atoms with E-state index in [2.05, 4.69) is 25.3 Å². The Kier molecular flexibility index (Phi) is 4.32. The smallest absolute Gasteiger partial charge is 0.338 e. The zero-order chi connectivity index (χ0) is 20.5. The van der Waals surface area contributed by atoms with Gasteiger partial charge in [0.15, 0.2) is 17.5 Å². The molecule has 0 atom stereocenters. The number of nitrogens with one attached hydrogen (secondary N) is 3. The minimum absolute atomic E-state index is 0.320. The number of ether oxygens (including phenoxy) is 1. The summed E-state index contributed by atoms with van der Waals surface area (Å²) in [6, 6.07) is 15.0. The quantitative estimate of drug-likeness (QED) is 0.309. The molecule has 3 aromatic heterocycles. The van der Waals surface area contributed by atoms with E-state index in [1.807, 2.05) is 41.2 Å². The standard InChI is InChI=1S/C21H17N7O2/c1-2-30-20(29)13-6-5-7-14(10-13)25-21-26-18-17(22-11-23-18)19(27-21)28-12-24-15-8-3-4-9-16(15)28/h3-12H,2H2,1H3,(H2,22,23,25,26,27)/p+1. The predicted molar refractivity (Wildman–Crippen MR) is 111 cm³/mol. The lowest BCUT2D eigenvalue weighted by Gasteiger charge is -2.06. The molecule has 0 aliphatic carbocycles. The molecule has 30 heavy (non-hydrogen) atoms. The Hall–Kier alpha value is -4.27. The lowest BCUT2D eigenvalue weighted by atomic mass is 10.2. The maximum Gasteiger partial charge on any atom is 0.338 e. The van der Waals surface area contributed by atoms with E-state index in [4.69, 9.17) is 9.72 Å². The highest BCUT2D eigenvalue weighted by Crippen LogP contribution is 2.20. The molecule has 0 saturated carbocycles. The van der Waals surface area contributed by atoms with E-state index in [1.165, 1.54) is 0 Å². The molecule has 0 spiro atoms. The third-order valence-corrected chi connectivity index (χ3v) is 4.64. The zero-order valence-corrected chi connectivity index (χ0v) is 16.1. The molecule has 3 heterocycles. The van der Waals surface area contributed by atoms with Crippen LogP contribution in [-0.2, 0) is 4.74 Å². The van der Waals surface area contributed by atoms with Crippen molar-refractivity contribution in [2.75, 3.05) is 11.9 Å². The van der Waals surface area contributed by atoms with Crippen LogP contribution >= 0.6 is 0 Å². The first-order valence-corrected chi connectivity index (χ1v) is 9.46. The molecule has 5 rings (SSSR count). The largest absolute Gasteiger partial charge is 0.462 e. The molecule has 9 heteroatoms. The van der Waals surface area contributed by atoms with Crippen LogP contribution in [0.5, 0.6) is 0 Å². The topological polar surface area (TPSA) is 112 Å². The van der Waals surface area contributed by atoms with Gasteiger partial charge in [-0.1, -0.05) is 23.2 Å². The number of H-pyrrole nitrogens is 2. The van der Waals surface area contributed by atoms with Gasteiger partial charge in [-0.3, -0.25) is 4.98 Å². The van der Waals surface area contributed by atoms with E-state index in [1.54, 1.807) is 31.5 Å². The summed E-state index contributed by atoms with van der Waals surface area (Å²) in [5.74, 6) is 0.641. The molecular weight excluding hydrogens is 382 g/mol. The number of imidazole rings is 2. The van der Waals surface area contributed by atoms with Crippen molar-refractivity contribution in [3.05, 3.63) is 66.7 Å². The maximum absolute atomic E-state index is 12.0. The van der Waals surface area contributed by atoms with Crippen LogP contribution < -0.4 is 9.88 Å². The minimum Gasteiger partial charge on any atom is -0.462 e. The molecule has 5 aromatic rings. The van der Waals surface area contributed by atoms with Gasteiger partial charge in [-0.25, -0.2) is 9.78 Å².